The molecule has 1 fully saturated rings. The molecule has 0 bridgehead atoms. The highest BCUT2D eigenvalue weighted by Crippen LogP contribution is 2.26. The number of sulfonamides is 1. The lowest BCUT2D eigenvalue weighted by Crippen LogP contribution is -2.42. The lowest BCUT2D eigenvalue weighted by molar-refractivity contribution is -0.00263. The third kappa shape index (κ3) is 3.95. The molecule has 2 aromatic carbocycles. The van der Waals surface area contributed by atoms with E-state index in [1.807, 2.05) is 0 Å². The Morgan fingerprint density at radius 2 is 1.88 bits per heavy atom. The monoisotopic (exact) mass is 369 g/mol. The summed E-state index contributed by atoms with van der Waals surface area (Å²) >= 11 is 6.07. The van der Waals surface area contributed by atoms with E-state index in [4.69, 9.17) is 16.3 Å². The highest BCUT2D eigenvalue weighted by atomic mass is 35.5. The number of ether oxygens (including phenoxy) is 1. The number of halogens is 2. The maximum absolute atomic E-state index is 13.0. The van der Waals surface area contributed by atoms with Crippen LogP contribution < -0.4 is 0 Å². The summed E-state index contributed by atoms with van der Waals surface area (Å²) in [4.78, 5) is 0. The van der Waals surface area contributed by atoms with E-state index >= 15 is 0 Å². The van der Waals surface area contributed by atoms with Crippen molar-refractivity contribution in [2.45, 2.75) is 11.9 Å². The van der Waals surface area contributed by atoms with Crippen LogP contribution in [0.25, 0.3) is 0 Å². The van der Waals surface area contributed by atoms with Gasteiger partial charge >= 0.3 is 0 Å². The van der Waals surface area contributed by atoms with Gasteiger partial charge in [0, 0.05) is 18.1 Å². The van der Waals surface area contributed by atoms with E-state index in [0.29, 0.717) is 23.7 Å². The predicted molar refractivity (Wildman–Crippen MR) is 90.7 cm³/mol. The fourth-order valence-electron chi connectivity index (χ4n) is 2.66. The van der Waals surface area contributed by atoms with E-state index in [9.17, 15) is 12.8 Å². The molecule has 2 aromatic rings. The maximum Gasteiger partial charge on any atom is 0.218 e. The van der Waals surface area contributed by atoms with Gasteiger partial charge in [-0.15, -0.1) is 0 Å². The molecule has 1 saturated heterocycles. The molecule has 0 aliphatic carbocycles. The van der Waals surface area contributed by atoms with Crippen LogP contribution in [0, 0.1) is 5.82 Å². The lowest BCUT2D eigenvalue weighted by Gasteiger charge is -2.32. The largest absolute Gasteiger partial charge is 0.371 e. The number of morpholine rings is 1. The van der Waals surface area contributed by atoms with Crippen molar-refractivity contribution in [1.29, 1.82) is 0 Å². The molecule has 1 aliphatic heterocycles. The molecule has 0 spiro atoms. The van der Waals surface area contributed by atoms with Crippen LogP contribution >= 0.6 is 11.6 Å². The molecule has 24 heavy (non-hydrogen) atoms. The molecule has 1 unspecified atom stereocenters. The molecule has 0 aromatic heterocycles. The van der Waals surface area contributed by atoms with E-state index in [1.54, 1.807) is 36.4 Å². The van der Waals surface area contributed by atoms with Crippen molar-refractivity contribution in [1.82, 2.24) is 4.31 Å². The summed E-state index contributed by atoms with van der Waals surface area (Å²) in [7, 11) is -3.51. The van der Waals surface area contributed by atoms with Gasteiger partial charge in [0.25, 0.3) is 0 Å². The fourth-order valence-corrected chi connectivity index (χ4v) is 4.49. The SMILES string of the molecule is O=S(=O)(Cc1ccccc1Cl)N1CCOC(c2ccc(F)cc2)C1. The third-order valence-corrected chi connectivity index (χ3v) is 6.12. The Morgan fingerprint density at radius 3 is 2.58 bits per heavy atom. The van der Waals surface area contributed by atoms with Crippen molar-refractivity contribution in [3.63, 3.8) is 0 Å². The van der Waals surface area contributed by atoms with Gasteiger partial charge in [-0.2, -0.15) is 4.31 Å². The first kappa shape index (κ1) is 17.4. The average molecular weight is 370 g/mol. The second-order valence-electron chi connectivity index (χ2n) is 5.62. The van der Waals surface area contributed by atoms with Crippen LogP contribution in [-0.4, -0.2) is 32.4 Å². The molecule has 1 heterocycles. The van der Waals surface area contributed by atoms with Crippen molar-refractivity contribution in [3.8, 4) is 0 Å². The zero-order valence-corrected chi connectivity index (χ0v) is 14.4. The smallest absolute Gasteiger partial charge is 0.218 e. The molecule has 0 N–H and O–H groups in total. The van der Waals surface area contributed by atoms with Crippen molar-refractivity contribution in [2.24, 2.45) is 0 Å². The van der Waals surface area contributed by atoms with Gasteiger partial charge in [-0.3, -0.25) is 0 Å². The van der Waals surface area contributed by atoms with Gasteiger partial charge in [-0.05, 0) is 29.3 Å². The number of nitrogens with zero attached hydrogens (tertiary/aromatic N) is 1. The van der Waals surface area contributed by atoms with E-state index in [1.165, 1.54) is 16.4 Å². The summed E-state index contributed by atoms with van der Waals surface area (Å²) in [5, 5.41) is 0.435. The van der Waals surface area contributed by atoms with Crippen LogP contribution in [0.2, 0.25) is 5.02 Å². The van der Waals surface area contributed by atoms with Gasteiger partial charge in [0.1, 0.15) is 5.82 Å². The van der Waals surface area contributed by atoms with Gasteiger partial charge in [-0.25, -0.2) is 12.8 Å². The first-order chi connectivity index (χ1) is 11.5. The Balaban J connectivity index is 1.76. The fraction of sp³-hybridized carbons (Fsp3) is 0.294. The summed E-state index contributed by atoms with van der Waals surface area (Å²) in [6, 6.07) is 12.8. The van der Waals surface area contributed by atoms with Crippen LogP contribution in [0.15, 0.2) is 48.5 Å². The highest BCUT2D eigenvalue weighted by Gasteiger charge is 2.30. The summed E-state index contributed by atoms with van der Waals surface area (Å²) in [5.41, 5.74) is 1.33. The summed E-state index contributed by atoms with van der Waals surface area (Å²) < 4.78 is 45.5. The third-order valence-electron chi connectivity index (χ3n) is 3.96. The normalized spacial score (nSPS) is 19.3. The van der Waals surface area contributed by atoms with Gasteiger partial charge in [0.2, 0.25) is 10.0 Å². The Hall–Kier alpha value is -1.47. The molecule has 0 amide bonds. The molecule has 7 heteroatoms. The molecule has 0 radical (unpaired) electrons. The highest BCUT2D eigenvalue weighted by molar-refractivity contribution is 7.88. The molecular formula is C17H17ClFNO3S. The Bertz CT molecular complexity index is 811. The molecular weight excluding hydrogens is 353 g/mol. The molecule has 4 nitrogen and oxygen atoms in total. The first-order valence-electron chi connectivity index (χ1n) is 7.54. The van der Waals surface area contributed by atoms with Crippen LogP contribution in [0.1, 0.15) is 17.2 Å². The zero-order chi connectivity index (χ0) is 17.2. The Labute approximate surface area is 145 Å². The van der Waals surface area contributed by atoms with Crippen molar-refractivity contribution in [2.75, 3.05) is 19.7 Å². The molecule has 3 rings (SSSR count). The summed E-state index contributed by atoms with van der Waals surface area (Å²) in [6.45, 7) is 0.798. The van der Waals surface area contributed by atoms with E-state index in [2.05, 4.69) is 0 Å². The van der Waals surface area contributed by atoms with Crippen molar-refractivity contribution >= 4 is 21.6 Å². The minimum atomic E-state index is -3.51. The Kier molecular flexibility index (Phi) is 5.20. The lowest BCUT2D eigenvalue weighted by atomic mass is 10.1. The number of hydrogen-bond acceptors (Lipinski definition) is 3. The van der Waals surface area contributed by atoms with Gasteiger partial charge in [0.05, 0.1) is 18.5 Å². The minimum Gasteiger partial charge on any atom is -0.371 e. The molecule has 128 valence electrons. The quantitative estimate of drug-likeness (QED) is 0.830. The van der Waals surface area contributed by atoms with Crippen molar-refractivity contribution in [3.05, 3.63) is 70.5 Å². The van der Waals surface area contributed by atoms with Crippen LogP contribution in [-0.2, 0) is 20.5 Å². The Morgan fingerprint density at radius 1 is 1.17 bits per heavy atom. The van der Waals surface area contributed by atoms with Crippen LogP contribution in [0.3, 0.4) is 0 Å². The van der Waals surface area contributed by atoms with Crippen molar-refractivity contribution < 1.29 is 17.5 Å². The number of hydrogen-bond donors (Lipinski definition) is 0. The van der Waals surface area contributed by atoms with Gasteiger partial charge in [-0.1, -0.05) is 41.9 Å². The summed E-state index contributed by atoms with van der Waals surface area (Å²) in [6.07, 6.45) is -0.402. The van der Waals surface area contributed by atoms with Gasteiger partial charge in [0.15, 0.2) is 0 Å². The molecule has 1 aliphatic rings. The zero-order valence-electron chi connectivity index (χ0n) is 12.9. The first-order valence-corrected chi connectivity index (χ1v) is 9.53. The van der Waals surface area contributed by atoms with E-state index in [0.717, 1.165) is 5.56 Å². The van der Waals surface area contributed by atoms with E-state index in [-0.39, 0.29) is 18.1 Å². The van der Waals surface area contributed by atoms with Gasteiger partial charge < -0.3 is 4.74 Å². The second kappa shape index (κ2) is 7.19. The summed E-state index contributed by atoms with van der Waals surface area (Å²) in [5.74, 6) is -0.485. The van der Waals surface area contributed by atoms with E-state index < -0.39 is 16.1 Å². The van der Waals surface area contributed by atoms with Crippen LogP contribution in [0.5, 0.6) is 0 Å². The molecule has 1 atom stereocenters. The predicted octanol–water partition coefficient (Wildman–Crippen LogP) is 3.38. The maximum atomic E-state index is 13.0. The molecule has 0 saturated carbocycles. The average Bonchev–Trinajstić information content (AvgIpc) is 2.58. The van der Waals surface area contributed by atoms with Crippen LogP contribution in [0.4, 0.5) is 4.39 Å². The topological polar surface area (TPSA) is 46.6 Å². The number of benzene rings is 2. The standard InChI is InChI=1S/C17H17ClFNO3S/c18-16-4-2-1-3-14(16)12-24(21,22)20-9-10-23-17(11-20)13-5-7-15(19)8-6-13/h1-8,17H,9-12H2. The minimum absolute atomic E-state index is 0.150. The number of rotatable bonds is 4. The second-order valence-corrected chi connectivity index (χ2v) is 7.99.